The molecule has 5 heteroatoms. The van der Waals surface area contributed by atoms with Crippen LogP contribution in [0.2, 0.25) is 0 Å². The summed E-state index contributed by atoms with van der Waals surface area (Å²) in [6.45, 7) is 0.513. The number of carbonyl (C=O) groups excluding carboxylic acids is 1. The molecular weight excluding hydrogens is 414 g/mol. The van der Waals surface area contributed by atoms with Crippen LogP contribution in [0.15, 0.2) is 83.6 Å². The number of benzene rings is 2. The van der Waals surface area contributed by atoms with E-state index in [0.29, 0.717) is 12.1 Å². The predicted octanol–water partition coefficient (Wildman–Crippen LogP) is 5.33. The van der Waals surface area contributed by atoms with Crippen LogP contribution in [0.5, 0.6) is 0 Å². The fourth-order valence-electron chi connectivity index (χ4n) is 3.17. The molecule has 2 aromatic heterocycles. The molecule has 0 bridgehead atoms. The topological polar surface area (TPSA) is 46.1 Å². The van der Waals surface area contributed by atoms with Crippen LogP contribution in [0, 0.1) is 0 Å². The van der Waals surface area contributed by atoms with Crippen LogP contribution in [-0.2, 0) is 6.54 Å². The van der Waals surface area contributed by atoms with Crippen LogP contribution in [0.3, 0.4) is 0 Å². The molecule has 4 rings (SSSR count). The largest absolute Gasteiger partial charge is 0.337 e. The number of pyridine rings is 2. The first-order chi connectivity index (χ1) is 13.6. The molecule has 0 radical (unpaired) electrons. The van der Waals surface area contributed by atoms with Crippen molar-refractivity contribution in [3.63, 3.8) is 0 Å². The molecule has 0 aliphatic carbocycles. The summed E-state index contributed by atoms with van der Waals surface area (Å²) >= 11 is 3.56. The monoisotopic (exact) mass is 431 g/mol. The third-order valence-electron chi connectivity index (χ3n) is 4.62. The fraction of sp³-hybridized carbons (Fsp3) is 0.0870. The van der Waals surface area contributed by atoms with Gasteiger partial charge < -0.3 is 4.90 Å². The molecule has 0 aliphatic heterocycles. The summed E-state index contributed by atoms with van der Waals surface area (Å²) in [6.07, 6.45) is 3.48. The third-order valence-corrected chi connectivity index (χ3v) is 5.39. The second kappa shape index (κ2) is 7.90. The highest BCUT2D eigenvalue weighted by Crippen LogP contribution is 2.26. The van der Waals surface area contributed by atoms with E-state index in [1.807, 2.05) is 73.8 Å². The molecule has 1 amide bonds. The molecule has 0 aliphatic rings. The number of hydrogen-bond acceptors (Lipinski definition) is 3. The molecule has 2 heterocycles. The lowest BCUT2D eigenvalue weighted by molar-refractivity contribution is 0.0787. The second-order valence-corrected chi connectivity index (χ2v) is 7.42. The fourth-order valence-corrected chi connectivity index (χ4v) is 3.58. The Kier molecular flexibility index (Phi) is 5.17. The summed E-state index contributed by atoms with van der Waals surface area (Å²) in [5.74, 6) is -0.0421. The van der Waals surface area contributed by atoms with E-state index in [-0.39, 0.29) is 5.91 Å². The van der Waals surface area contributed by atoms with Gasteiger partial charge in [0, 0.05) is 41.4 Å². The minimum Gasteiger partial charge on any atom is -0.337 e. The second-order valence-electron chi connectivity index (χ2n) is 6.57. The van der Waals surface area contributed by atoms with Gasteiger partial charge in [-0.25, -0.2) is 4.98 Å². The normalized spacial score (nSPS) is 10.8. The summed E-state index contributed by atoms with van der Waals surface area (Å²) in [5, 5.41) is 0.846. The van der Waals surface area contributed by atoms with Gasteiger partial charge in [-0.05, 0) is 35.9 Å². The van der Waals surface area contributed by atoms with E-state index in [2.05, 4.69) is 20.9 Å². The highest BCUT2D eigenvalue weighted by atomic mass is 79.9. The quantitative estimate of drug-likeness (QED) is 0.438. The average molecular weight is 432 g/mol. The molecule has 4 aromatic rings. The van der Waals surface area contributed by atoms with Crippen molar-refractivity contribution in [1.82, 2.24) is 14.9 Å². The van der Waals surface area contributed by atoms with Crippen molar-refractivity contribution in [2.45, 2.75) is 6.54 Å². The molecule has 0 atom stereocenters. The first-order valence-electron chi connectivity index (χ1n) is 8.92. The lowest BCUT2D eigenvalue weighted by atomic mass is 10.0. The predicted molar refractivity (Wildman–Crippen MR) is 115 cm³/mol. The van der Waals surface area contributed by atoms with E-state index in [0.717, 1.165) is 32.2 Å². The van der Waals surface area contributed by atoms with Crippen LogP contribution in [0.25, 0.3) is 22.2 Å². The number of hydrogen-bond donors (Lipinski definition) is 0. The zero-order valence-corrected chi connectivity index (χ0v) is 16.9. The van der Waals surface area contributed by atoms with Crippen LogP contribution >= 0.6 is 15.9 Å². The summed E-state index contributed by atoms with van der Waals surface area (Å²) < 4.78 is 0.991. The smallest absolute Gasteiger partial charge is 0.254 e. The van der Waals surface area contributed by atoms with Gasteiger partial charge in [0.2, 0.25) is 0 Å². The zero-order chi connectivity index (χ0) is 19.5. The lowest BCUT2D eigenvalue weighted by Gasteiger charge is -2.19. The van der Waals surface area contributed by atoms with E-state index < -0.39 is 0 Å². The molecular formula is C23H18BrN3O. The zero-order valence-electron chi connectivity index (χ0n) is 15.3. The average Bonchev–Trinajstić information content (AvgIpc) is 2.74. The van der Waals surface area contributed by atoms with Crippen molar-refractivity contribution in [1.29, 1.82) is 0 Å². The maximum Gasteiger partial charge on any atom is 0.254 e. The molecule has 28 heavy (non-hydrogen) atoms. The molecule has 0 fully saturated rings. The number of rotatable bonds is 4. The molecule has 0 unspecified atom stereocenters. The Morgan fingerprint density at radius 1 is 1.04 bits per heavy atom. The van der Waals surface area contributed by atoms with Crippen molar-refractivity contribution >= 4 is 32.7 Å². The number of halogens is 1. The van der Waals surface area contributed by atoms with Gasteiger partial charge in [-0.2, -0.15) is 0 Å². The Hall–Kier alpha value is -3.05. The van der Waals surface area contributed by atoms with Gasteiger partial charge in [-0.1, -0.05) is 52.3 Å². The highest BCUT2D eigenvalue weighted by Gasteiger charge is 2.18. The lowest BCUT2D eigenvalue weighted by Crippen LogP contribution is -2.26. The first kappa shape index (κ1) is 18.3. The van der Waals surface area contributed by atoms with Crippen LogP contribution in [-0.4, -0.2) is 27.8 Å². The molecule has 0 saturated heterocycles. The third kappa shape index (κ3) is 3.66. The van der Waals surface area contributed by atoms with Gasteiger partial charge in [0.1, 0.15) is 0 Å². The van der Waals surface area contributed by atoms with Crippen LogP contribution in [0.1, 0.15) is 15.9 Å². The van der Waals surface area contributed by atoms with E-state index in [4.69, 9.17) is 4.98 Å². The summed E-state index contributed by atoms with van der Waals surface area (Å²) in [7, 11) is 1.82. The molecule has 4 nitrogen and oxygen atoms in total. The van der Waals surface area contributed by atoms with Crippen molar-refractivity contribution in [2.24, 2.45) is 0 Å². The minimum atomic E-state index is -0.0421. The van der Waals surface area contributed by atoms with Crippen molar-refractivity contribution < 1.29 is 4.79 Å². The molecule has 0 saturated carbocycles. The van der Waals surface area contributed by atoms with Gasteiger partial charge in [0.05, 0.1) is 16.8 Å². The van der Waals surface area contributed by atoms with Crippen LogP contribution < -0.4 is 0 Å². The summed E-state index contributed by atoms with van der Waals surface area (Å²) in [5.41, 5.74) is 4.12. The van der Waals surface area contributed by atoms with E-state index in [1.54, 1.807) is 17.3 Å². The first-order valence-corrected chi connectivity index (χ1v) is 9.72. The maximum absolute atomic E-state index is 13.3. The molecule has 0 N–H and O–H groups in total. The molecule has 138 valence electrons. The Morgan fingerprint density at radius 2 is 1.82 bits per heavy atom. The number of nitrogens with zero attached hydrogens (tertiary/aromatic N) is 3. The van der Waals surface area contributed by atoms with Crippen molar-refractivity contribution in [3.05, 3.63) is 94.7 Å². The maximum atomic E-state index is 13.3. The SMILES string of the molecule is CN(Cc1ccccc1Br)C(=O)c1cc(-c2cccnc2)nc2ccccc12. The van der Waals surface area contributed by atoms with E-state index in [9.17, 15) is 4.79 Å². The van der Waals surface area contributed by atoms with Gasteiger partial charge in [-0.15, -0.1) is 0 Å². The van der Waals surface area contributed by atoms with Gasteiger partial charge in [-0.3, -0.25) is 9.78 Å². The van der Waals surface area contributed by atoms with Crippen LogP contribution in [0.4, 0.5) is 0 Å². The molecule has 2 aromatic carbocycles. The van der Waals surface area contributed by atoms with Gasteiger partial charge in [0.15, 0.2) is 0 Å². The minimum absolute atomic E-state index is 0.0421. The standard InChI is InChI=1S/C23H18BrN3O/c1-27(15-17-7-2-4-10-20(17)24)23(28)19-13-22(16-8-6-12-25-14-16)26-21-11-5-3-9-18(19)21/h2-14H,15H2,1H3. The number of aromatic nitrogens is 2. The highest BCUT2D eigenvalue weighted by molar-refractivity contribution is 9.10. The van der Waals surface area contributed by atoms with Gasteiger partial charge >= 0.3 is 0 Å². The number of para-hydroxylation sites is 1. The Balaban J connectivity index is 1.76. The Bertz CT molecular complexity index is 1140. The molecule has 0 spiro atoms. The van der Waals surface area contributed by atoms with Gasteiger partial charge in [0.25, 0.3) is 5.91 Å². The Labute approximate surface area is 172 Å². The number of fused-ring (bicyclic) bond motifs is 1. The summed E-state index contributed by atoms with van der Waals surface area (Å²) in [6, 6.07) is 21.3. The Morgan fingerprint density at radius 3 is 2.61 bits per heavy atom. The summed E-state index contributed by atoms with van der Waals surface area (Å²) in [4.78, 5) is 24.0. The number of amides is 1. The van der Waals surface area contributed by atoms with Crippen molar-refractivity contribution in [3.8, 4) is 11.3 Å². The van der Waals surface area contributed by atoms with E-state index >= 15 is 0 Å². The van der Waals surface area contributed by atoms with Crippen molar-refractivity contribution in [2.75, 3.05) is 7.05 Å². The number of carbonyl (C=O) groups is 1. The van der Waals surface area contributed by atoms with E-state index in [1.165, 1.54) is 0 Å².